The molecule has 1 N–H and O–H groups in total. The largest absolute Gasteiger partial charge is 0.277 e. The molecule has 0 spiro atoms. The van der Waals surface area contributed by atoms with Crippen LogP contribution in [0, 0.1) is 0 Å². The number of benzene rings is 2. The minimum Gasteiger partial charge on any atom is -0.277 e. The maximum atomic E-state index is 12.6. The van der Waals surface area contributed by atoms with Crippen molar-refractivity contribution >= 4 is 27.3 Å². The van der Waals surface area contributed by atoms with Crippen LogP contribution in [0.2, 0.25) is 5.02 Å². The molecular formula is C16H15ClN4O2S. The third-order valence-corrected chi connectivity index (χ3v) is 5.13. The van der Waals surface area contributed by atoms with Crippen molar-refractivity contribution in [2.75, 3.05) is 4.72 Å². The predicted molar refractivity (Wildman–Crippen MR) is 93.0 cm³/mol. The zero-order chi connectivity index (χ0) is 17.2. The predicted octanol–water partition coefficient (Wildman–Crippen LogP) is 3.28. The number of hydrogen-bond donors (Lipinski definition) is 1. The minimum atomic E-state index is -3.74. The number of aromatic nitrogens is 3. The van der Waals surface area contributed by atoms with Gasteiger partial charge in [0.1, 0.15) is 12.7 Å². The fourth-order valence-corrected chi connectivity index (χ4v) is 3.47. The van der Waals surface area contributed by atoms with Crippen molar-refractivity contribution in [3.63, 3.8) is 0 Å². The van der Waals surface area contributed by atoms with Crippen LogP contribution in [0.1, 0.15) is 12.5 Å². The summed E-state index contributed by atoms with van der Waals surface area (Å²) in [4.78, 5) is 4.06. The van der Waals surface area contributed by atoms with Gasteiger partial charge in [0.15, 0.2) is 0 Å². The van der Waals surface area contributed by atoms with Gasteiger partial charge >= 0.3 is 0 Å². The summed E-state index contributed by atoms with van der Waals surface area (Å²) in [6.07, 6.45) is 3.70. The molecule has 8 heteroatoms. The molecule has 0 radical (unpaired) electrons. The summed E-state index contributed by atoms with van der Waals surface area (Å²) in [7, 11) is -3.74. The molecule has 24 heavy (non-hydrogen) atoms. The number of sulfonamides is 1. The van der Waals surface area contributed by atoms with Gasteiger partial charge in [-0.2, -0.15) is 5.10 Å². The van der Waals surface area contributed by atoms with Gasteiger partial charge in [-0.1, -0.05) is 30.7 Å². The van der Waals surface area contributed by atoms with Crippen LogP contribution in [0.25, 0.3) is 5.69 Å². The molecule has 0 aliphatic heterocycles. The van der Waals surface area contributed by atoms with Crippen LogP contribution in [0.5, 0.6) is 0 Å². The Hall–Kier alpha value is -2.38. The zero-order valence-electron chi connectivity index (χ0n) is 12.8. The highest BCUT2D eigenvalue weighted by atomic mass is 35.5. The lowest BCUT2D eigenvalue weighted by atomic mass is 10.2. The smallest absolute Gasteiger partial charge is 0.261 e. The topological polar surface area (TPSA) is 76.9 Å². The van der Waals surface area contributed by atoms with Gasteiger partial charge in [-0.3, -0.25) is 4.72 Å². The molecule has 6 nitrogen and oxygen atoms in total. The second kappa shape index (κ2) is 6.62. The average molecular weight is 363 g/mol. The molecule has 0 aliphatic rings. The maximum absolute atomic E-state index is 12.6. The highest BCUT2D eigenvalue weighted by Crippen LogP contribution is 2.26. The minimum absolute atomic E-state index is 0.184. The summed E-state index contributed by atoms with van der Waals surface area (Å²) in [5, 5.41) is 4.44. The Morgan fingerprint density at radius 1 is 1.17 bits per heavy atom. The van der Waals surface area contributed by atoms with E-state index in [0.717, 1.165) is 12.0 Å². The number of rotatable bonds is 5. The van der Waals surface area contributed by atoms with Gasteiger partial charge in [0.25, 0.3) is 10.0 Å². The monoisotopic (exact) mass is 362 g/mol. The van der Waals surface area contributed by atoms with Crippen molar-refractivity contribution in [1.82, 2.24) is 14.8 Å². The highest BCUT2D eigenvalue weighted by molar-refractivity contribution is 7.92. The summed E-state index contributed by atoms with van der Waals surface area (Å²) >= 11 is 6.01. The van der Waals surface area contributed by atoms with Gasteiger partial charge in [0.2, 0.25) is 0 Å². The van der Waals surface area contributed by atoms with E-state index in [1.54, 1.807) is 36.4 Å². The molecule has 3 rings (SSSR count). The van der Waals surface area contributed by atoms with Crippen LogP contribution < -0.4 is 4.72 Å². The Bertz CT molecular complexity index is 939. The van der Waals surface area contributed by atoms with Crippen LogP contribution in [0.15, 0.2) is 60.0 Å². The maximum Gasteiger partial charge on any atom is 0.261 e. The van der Waals surface area contributed by atoms with Crippen molar-refractivity contribution in [2.24, 2.45) is 0 Å². The fourth-order valence-electron chi connectivity index (χ4n) is 2.23. The lowest BCUT2D eigenvalue weighted by Gasteiger charge is -2.13. The first-order chi connectivity index (χ1) is 11.5. The summed E-state index contributed by atoms with van der Waals surface area (Å²) in [5.74, 6) is 0. The van der Waals surface area contributed by atoms with Gasteiger partial charge in [0.05, 0.1) is 16.3 Å². The molecule has 0 fully saturated rings. The van der Waals surface area contributed by atoms with Crippen molar-refractivity contribution in [3.05, 3.63) is 65.7 Å². The third-order valence-electron chi connectivity index (χ3n) is 3.51. The van der Waals surface area contributed by atoms with Crippen LogP contribution in [-0.2, 0) is 16.4 Å². The third kappa shape index (κ3) is 3.42. The molecule has 0 amide bonds. The molecule has 3 aromatic rings. The Morgan fingerprint density at radius 2 is 1.92 bits per heavy atom. The van der Waals surface area contributed by atoms with E-state index in [9.17, 15) is 8.42 Å². The molecule has 0 saturated carbocycles. The number of hydrogen-bond acceptors (Lipinski definition) is 4. The van der Waals surface area contributed by atoms with E-state index in [1.807, 2.05) is 6.92 Å². The first-order valence-electron chi connectivity index (χ1n) is 7.26. The van der Waals surface area contributed by atoms with Crippen LogP contribution >= 0.6 is 11.6 Å². The molecule has 1 aromatic heterocycles. The van der Waals surface area contributed by atoms with Crippen molar-refractivity contribution < 1.29 is 8.42 Å². The number of halogens is 1. The van der Waals surface area contributed by atoms with Gasteiger partial charge in [-0.25, -0.2) is 18.1 Å². The molecule has 0 bridgehead atoms. The van der Waals surface area contributed by atoms with E-state index >= 15 is 0 Å². The zero-order valence-corrected chi connectivity index (χ0v) is 14.4. The molecule has 1 heterocycles. The van der Waals surface area contributed by atoms with Crippen molar-refractivity contribution in [1.29, 1.82) is 0 Å². The van der Waals surface area contributed by atoms with E-state index < -0.39 is 10.0 Å². The number of nitrogens with one attached hydrogen (secondary N) is 1. The Balaban J connectivity index is 1.99. The van der Waals surface area contributed by atoms with Crippen molar-refractivity contribution in [3.8, 4) is 5.69 Å². The summed E-state index contributed by atoms with van der Waals surface area (Å²) < 4.78 is 29.3. The van der Waals surface area contributed by atoms with Crippen LogP contribution in [0.3, 0.4) is 0 Å². The lowest BCUT2D eigenvalue weighted by Crippen LogP contribution is -2.15. The standard InChI is InChI=1S/C16H15ClN4O2S/c1-2-12-3-6-14(7-4-12)24(22,23)20-15-9-13(17)5-8-16(15)21-11-18-10-19-21/h3-11,20H,2H2,1H3. The van der Waals surface area contributed by atoms with Crippen molar-refractivity contribution in [2.45, 2.75) is 18.2 Å². The first-order valence-corrected chi connectivity index (χ1v) is 9.12. The Morgan fingerprint density at radius 3 is 2.54 bits per heavy atom. The van der Waals surface area contributed by atoms with E-state index in [2.05, 4.69) is 14.8 Å². The number of nitrogens with zero attached hydrogens (tertiary/aromatic N) is 3. The summed E-state index contributed by atoms with van der Waals surface area (Å²) in [5.41, 5.74) is 1.93. The van der Waals surface area contributed by atoms with E-state index in [4.69, 9.17) is 11.6 Å². The first kappa shape index (κ1) is 16.5. The van der Waals surface area contributed by atoms with E-state index in [-0.39, 0.29) is 4.90 Å². The van der Waals surface area contributed by atoms with E-state index in [0.29, 0.717) is 16.4 Å². The lowest BCUT2D eigenvalue weighted by molar-refractivity contribution is 0.601. The van der Waals surface area contributed by atoms with Gasteiger partial charge in [-0.15, -0.1) is 0 Å². The molecule has 0 unspecified atom stereocenters. The van der Waals surface area contributed by atoms with Crippen LogP contribution in [-0.4, -0.2) is 23.2 Å². The summed E-state index contributed by atoms with van der Waals surface area (Å²) in [6, 6.07) is 11.6. The average Bonchev–Trinajstić information content (AvgIpc) is 3.09. The number of anilines is 1. The second-order valence-electron chi connectivity index (χ2n) is 5.10. The highest BCUT2D eigenvalue weighted by Gasteiger charge is 2.17. The Labute approximate surface area is 145 Å². The SMILES string of the molecule is CCc1ccc(S(=O)(=O)Nc2cc(Cl)ccc2-n2cncn2)cc1. The molecule has 124 valence electrons. The molecule has 0 aliphatic carbocycles. The normalized spacial score (nSPS) is 11.4. The van der Waals surface area contributed by atoms with Gasteiger partial charge in [0, 0.05) is 5.02 Å². The van der Waals surface area contributed by atoms with Crippen LogP contribution in [0.4, 0.5) is 5.69 Å². The van der Waals surface area contributed by atoms with Gasteiger partial charge in [-0.05, 0) is 42.3 Å². The summed E-state index contributed by atoms with van der Waals surface area (Å²) in [6.45, 7) is 2.01. The molecule has 2 aromatic carbocycles. The van der Waals surface area contributed by atoms with E-state index in [1.165, 1.54) is 23.4 Å². The van der Waals surface area contributed by atoms with Gasteiger partial charge < -0.3 is 0 Å². The molecule has 0 atom stereocenters. The Kier molecular flexibility index (Phi) is 4.55. The molecular weight excluding hydrogens is 348 g/mol. The molecule has 0 saturated heterocycles. The number of aryl methyl sites for hydroxylation is 1. The fraction of sp³-hybridized carbons (Fsp3) is 0.125. The second-order valence-corrected chi connectivity index (χ2v) is 7.22. The quantitative estimate of drug-likeness (QED) is 0.755.